The first-order chi connectivity index (χ1) is 22.2. The van der Waals surface area contributed by atoms with Gasteiger partial charge in [0, 0.05) is 13.0 Å². The average molecular weight is 675 g/mol. The van der Waals surface area contributed by atoms with Crippen molar-refractivity contribution in [1.29, 1.82) is 0 Å². The molecule has 0 fully saturated rings. The van der Waals surface area contributed by atoms with Crippen molar-refractivity contribution in [3.05, 3.63) is 0 Å². The van der Waals surface area contributed by atoms with E-state index in [0.29, 0.717) is 6.61 Å². The lowest BCUT2D eigenvalue weighted by Crippen LogP contribution is -1.85. The lowest BCUT2D eigenvalue weighted by molar-refractivity contribution is -0.107. The zero-order chi connectivity index (χ0) is 33.6. The largest absolute Gasteiger partial charge is 0.396 e. The number of carbonyl (C=O) groups is 1. The minimum Gasteiger partial charge on any atom is -0.396 e. The molecule has 0 aliphatic rings. The average Bonchev–Trinajstić information content (AvgIpc) is 3.05. The Bertz CT molecular complexity index is 443. The number of aldehydes is 1. The fourth-order valence-corrected chi connectivity index (χ4v) is 5.97. The number of hydrogen-bond acceptors (Lipinski definition) is 2. The molecule has 2 unspecified atom stereocenters. The van der Waals surface area contributed by atoms with Gasteiger partial charge in [0.2, 0.25) is 0 Å². The van der Waals surface area contributed by atoms with Crippen molar-refractivity contribution >= 4 is 23.5 Å². The maximum atomic E-state index is 10.2. The summed E-state index contributed by atoms with van der Waals surface area (Å²) in [6.45, 7) is 7.06. The molecule has 0 saturated heterocycles. The highest BCUT2D eigenvalue weighted by molar-refractivity contribution is 8.02. The van der Waals surface area contributed by atoms with E-state index in [9.17, 15) is 4.79 Å². The summed E-state index contributed by atoms with van der Waals surface area (Å²) in [5.41, 5.74) is 0. The Labute approximate surface area is 290 Å². The summed E-state index contributed by atoms with van der Waals surface area (Å²) in [7, 11) is 3.61. The summed E-state index contributed by atoms with van der Waals surface area (Å²) in [6, 6.07) is 0. The van der Waals surface area contributed by atoms with Crippen LogP contribution in [0.15, 0.2) is 0 Å². The van der Waals surface area contributed by atoms with Crippen LogP contribution in [0, 0.1) is 0 Å². The van der Waals surface area contributed by atoms with Crippen LogP contribution in [-0.2, 0) is 4.79 Å². The molecule has 1 N–H and O–H groups in total. The van der Waals surface area contributed by atoms with Gasteiger partial charge in [-0.15, -0.1) is 17.2 Å². The van der Waals surface area contributed by atoms with E-state index >= 15 is 0 Å². The summed E-state index contributed by atoms with van der Waals surface area (Å²) in [4.78, 5) is 10.2. The third-order valence-corrected chi connectivity index (χ3v) is 8.94. The van der Waals surface area contributed by atoms with Gasteiger partial charge in [-0.25, -0.2) is 0 Å². The van der Waals surface area contributed by atoms with Gasteiger partial charge >= 0.3 is 0 Å². The Morgan fingerprint density at radius 3 is 0.756 bits per heavy atom. The number of hydrogen-bond donors (Lipinski definition) is 1. The topological polar surface area (TPSA) is 37.3 Å². The molecule has 2 nitrogen and oxygen atoms in total. The lowest BCUT2D eigenvalue weighted by Gasteiger charge is -2.03. The molecule has 0 bridgehead atoms. The van der Waals surface area contributed by atoms with E-state index in [0.717, 1.165) is 33.8 Å². The van der Waals surface area contributed by atoms with Crippen LogP contribution >= 0.6 is 17.2 Å². The molecule has 0 rings (SSSR count). The zero-order valence-corrected chi connectivity index (χ0v) is 33.8. The molecular weight excluding hydrogens is 586 g/mol. The molecular formula is C41H88O2P2. The van der Waals surface area contributed by atoms with Crippen molar-refractivity contribution in [2.24, 2.45) is 0 Å². The minimum atomic E-state index is 0.374. The third-order valence-electron chi connectivity index (χ3n) is 8.94. The van der Waals surface area contributed by atoms with E-state index in [1.165, 1.54) is 212 Å². The molecule has 0 heterocycles. The number of carbonyl (C=O) groups excluding carboxylic acids is 1. The minimum absolute atomic E-state index is 0.374. The van der Waals surface area contributed by atoms with Gasteiger partial charge in [-0.3, -0.25) is 0 Å². The highest BCUT2D eigenvalue weighted by atomic mass is 32.0. The Morgan fingerprint density at radius 1 is 0.400 bits per heavy atom. The van der Waals surface area contributed by atoms with Gasteiger partial charge in [0.25, 0.3) is 0 Å². The Balaban J connectivity index is -0.000000720. The zero-order valence-electron chi connectivity index (χ0n) is 31.7. The first-order valence-electron chi connectivity index (χ1n) is 20.7. The van der Waals surface area contributed by atoms with E-state index < -0.39 is 0 Å². The molecule has 0 aromatic heterocycles. The van der Waals surface area contributed by atoms with Crippen LogP contribution in [0.2, 0.25) is 0 Å². The van der Waals surface area contributed by atoms with Crippen molar-refractivity contribution in [3.8, 4) is 0 Å². The molecule has 274 valence electrons. The molecule has 0 saturated carbocycles. The van der Waals surface area contributed by atoms with E-state index in [1.54, 1.807) is 0 Å². The molecule has 2 atom stereocenters. The van der Waals surface area contributed by atoms with E-state index in [1.807, 2.05) is 0 Å². The number of unbranched alkanes of at least 4 members (excludes halogenated alkanes) is 34. The quantitative estimate of drug-likeness (QED) is 0.0408. The highest BCUT2D eigenvalue weighted by Gasteiger charge is 1.96. The maximum Gasteiger partial charge on any atom is 0.119 e. The monoisotopic (exact) mass is 675 g/mol. The molecule has 0 spiro atoms. The van der Waals surface area contributed by atoms with E-state index in [2.05, 4.69) is 29.4 Å². The van der Waals surface area contributed by atoms with Crippen LogP contribution in [0.1, 0.15) is 245 Å². The molecule has 0 aromatic rings. The maximum absolute atomic E-state index is 10.2. The third kappa shape index (κ3) is 60.3. The van der Waals surface area contributed by atoms with Gasteiger partial charge in [-0.05, 0) is 19.5 Å². The number of aliphatic hydroxyl groups excluding tert-OH is 1. The fraction of sp³-hybridized carbons (Fsp3) is 0.976. The molecule has 0 amide bonds. The highest BCUT2D eigenvalue weighted by Crippen LogP contribution is 2.16. The van der Waals surface area contributed by atoms with Crippen molar-refractivity contribution in [2.45, 2.75) is 245 Å². The summed E-state index contributed by atoms with van der Waals surface area (Å²) in [5, 5.41) is 8.69. The predicted octanol–water partition coefficient (Wildman–Crippen LogP) is 15.3. The van der Waals surface area contributed by atoms with Gasteiger partial charge in [-0.2, -0.15) is 0 Å². The molecule has 0 aromatic carbocycles. The van der Waals surface area contributed by atoms with Gasteiger partial charge in [0.15, 0.2) is 0 Å². The first-order valence-corrected chi connectivity index (χ1v) is 24.0. The smallest absolute Gasteiger partial charge is 0.119 e. The van der Waals surface area contributed by atoms with Crippen molar-refractivity contribution < 1.29 is 9.90 Å². The van der Waals surface area contributed by atoms with Crippen LogP contribution in [0.3, 0.4) is 0 Å². The second kappa shape index (κ2) is 54.0. The summed E-state index contributed by atoms with van der Waals surface area (Å²) in [5.74, 6) is 0. The van der Waals surface area contributed by atoms with Gasteiger partial charge in [0.1, 0.15) is 6.29 Å². The van der Waals surface area contributed by atoms with Crippen LogP contribution in [0.4, 0.5) is 0 Å². The second-order valence-electron chi connectivity index (χ2n) is 13.6. The van der Waals surface area contributed by atoms with Crippen molar-refractivity contribution in [3.63, 3.8) is 0 Å². The Morgan fingerprint density at radius 2 is 0.578 bits per heavy atom. The van der Waals surface area contributed by atoms with E-state index in [-0.39, 0.29) is 0 Å². The molecule has 0 aliphatic carbocycles. The standard InChI is InChI=1S/C20H42O.C20H40O.CH6P2/c2*1-2-3-4-5-6-7-8-9-10-11-12-13-14-15-16-17-18-19-20-21;1-3-2/h21H,2-20H2,1H3;20H,2-19H2,1H3;3H,2H2,1H3. The normalized spacial score (nSPS) is 11.0. The van der Waals surface area contributed by atoms with Gasteiger partial charge in [0.05, 0.1) is 0 Å². The second-order valence-corrected chi connectivity index (χ2v) is 15.9. The Hall–Kier alpha value is 0.490. The lowest BCUT2D eigenvalue weighted by atomic mass is 10.0. The van der Waals surface area contributed by atoms with Gasteiger partial charge < -0.3 is 9.90 Å². The van der Waals surface area contributed by atoms with Crippen LogP contribution < -0.4 is 0 Å². The van der Waals surface area contributed by atoms with Crippen molar-refractivity contribution in [2.75, 3.05) is 13.3 Å². The Kier molecular flexibility index (Phi) is 59.8. The molecule has 0 radical (unpaired) electrons. The summed E-state index contributed by atoms with van der Waals surface area (Å²) in [6.07, 6.45) is 50.7. The van der Waals surface area contributed by atoms with Crippen LogP contribution in [-0.4, -0.2) is 24.7 Å². The fourth-order valence-electron chi connectivity index (χ4n) is 5.97. The first kappa shape index (κ1) is 49.9. The van der Waals surface area contributed by atoms with Crippen molar-refractivity contribution in [1.82, 2.24) is 0 Å². The molecule has 45 heavy (non-hydrogen) atoms. The van der Waals surface area contributed by atoms with Crippen LogP contribution in [0.25, 0.3) is 0 Å². The summed E-state index contributed by atoms with van der Waals surface area (Å²) < 4.78 is 0. The van der Waals surface area contributed by atoms with Crippen LogP contribution in [0.5, 0.6) is 0 Å². The SMILES string of the molecule is CCCCCCCCCCCCCCCCCCCC=O.CCCCCCCCCCCCCCCCCCCCO.CPP. The van der Waals surface area contributed by atoms with Gasteiger partial charge in [-0.1, -0.05) is 226 Å². The molecule has 0 aliphatic heterocycles. The van der Waals surface area contributed by atoms with E-state index in [4.69, 9.17) is 5.11 Å². The number of rotatable bonds is 36. The predicted molar refractivity (Wildman–Crippen MR) is 215 cm³/mol. The summed E-state index contributed by atoms with van der Waals surface area (Å²) >= 11 is 0. The number of aliphatic hydroxyl groups is 1. The molecule has 4 heteroatoms.